The highest BCUT2D eigenvalue weighted by molar-refractivity contribution is 7.88. The van der Waals surface area contributed by atoms with Crippen LogP contribution in [0.5, 0.6) is 0 Å². The fraction of sp³-hybridized carbons (Fsp3) is 0.600. The lowest BCUT2D eigenvalue weighted by atomic mass is 9.82. The van der Waals surface area contributed by atoms with Crippen molar-refractivity contribution in [1.82, 2.24) is 9.62 Å². The first-order valence-electron chi connectivity index (χ1n) is 7.56. The summed E-state index contributed by atoms with van der Waals surface area (Å²) in [6.07, 6.45) is 0.730. The maximum absolute atomic E-state index is 12.3. The van der Waals surface area contributed by atoms with Crippen LogP contribution in [-0.4, -0.2) is 50.3 Å². The second-order valence-corrected chi connectivity index (χ2v) is 7.88. The lowest BCUT2D eigenvalue weighted by molar-refractivity contribution is -0.149. The van der Waals surface area contributed by atoms with E-state index >= 15 is 0 Å². The summed E-state index contributed by atoms with van der Waals surface area (Å²) in [6, 6.07) is 1.15. The summed E-state index contributed by atoms with van der Waals surface area (Å²) in [5.74, 6) is -1.39. The molecule has 0 fully saturated rings. The van der Waals surface area contributed by atoms with Gasteiger partial charge in [-0.05, 0) is 19.8 Å². The van der Waals surface area contributed by atoms with E-state index in [9.17, 15) is 23.1 Å². The number of carbonyl (C=O) groups is 2. The minimum absolute atomic E-state index is 0.0471. The summed E-state index contributed by atoms with van der Waals surface area (Å²) >= 11 is 0. The fourth-order valence-corrected chi connectivity index (χ4v) is 3.07. The number of carbonyl (C=O) groups excluding carboxylic acids is 1. The minimum Gasteiger partial charge on any atom is -0.481 e. The van der Waals surface area contributed by atoms with Crippen LogP contribution in [0.25, 0.3) is 0 Å². The van der Waals surface area contributed by atoms with E-state index in [1.807, 2.05) is 0 Å². The van der Waals surface area contributed by atoms with Gasteiger partial charge in [0.2, 0.25) is 5.09 Å². The zero-order valence-corrected chi connectivity index (χ0v) is 15.4. The van der Waals surface area contributed by atoms with Gasteiger partial charge in [-0.3, -0.25) is 9.59 Å². The smallest absolute Gasteiger partial charge is 0.311 e. The molecule has 1 aromatic heterocycles. The van der Waals surface area contributed by atoms with Crippen molar-refractivity contribution in [3.63, 3.8) is 0 Å². The van der Waals surface area contributed by atoms with Gasteiger partial charge in [0.1, 0.15) is 5.76 Å². The van der Waals surface area contributed by atoms with Crippen LogP contribution in [0.15, 0.2) is 15.6 Å². The van der Waals surface area contributed by atoms with Crippen LogP contribution < -0.4 is 5.32 Å². The van der Waals surface area contributed by atoms with Gasteiger partial charge in [0.25, 0.3) is 15.9 Å². The van der Waals surface area contributed by atoms with E-state index in [1.165, 1.54) is 21.0 Å². The van der Waals surface area contributed by atoms with Gasteiger partial charge in [0.15, 0.2) is 0 Å². The fourth-order valence-electron chi connectivity index (χ4n) is 2.21. The summed E-state index contributed by atoms with van der Waals surface area (Å²) in [4.78, 5) is 23.8. The molecule has 1 amide bonds. The monoisotopic (exact) mass is 360 g/mol. The zero-order valence-electron chi connectivity index (χ0n) is 14.5. The van der Waals surface area contributed by atoms with Crippen molar-refractivity contribution in [3.05, 3.63) is 17.4 Å². The number of rotatable bonds is 8. The Kier molecular flexibility index (Phi) is 6.18. The molecule has 0 unspecified atom stereocenters. The number of hydrogen-bond donors (Lipinski definition) is 2. The molecule has 0 atom stereocenters. The molecule has 1 aromatic rings. The van der Waals surface area contributed by atoms with Gasteiger partial charge in [0.05, 0.1) is 11.0 Å². The van der Waals surface area contributed by atoms with Gasteiger partial charge in [-0.25, -0.2) is 12.7 Å². The highest BCUT2D eigenvalue weighted by Crippen LogP contribution is 2.26. The molecule has 0 saturated carbocycles. The van der Waals surface area contributed by atoms with Crippen molar-refractivity contribution in [3.8, 4) is 0 Å². The van der Waals surface area contributed by atoms with Crippen molar-refractivity contribution in [2.24, 2.45) is 5.41 Å². The Bertz CT molecular complexity index is 716. The highest BCUT2D eigenvalue weighted by atomic mass is 32.2. The average molecular weight is 360 g/mol. The number of carboxylic acid groups (broad SMARTS) is 1. The number of nitrogens with one attached hydrogen (secondary N) is 1. The third-order valence-electron chi connectivity index (χ3n) is 4.27. The summed E-state index contributed by atoms with van der Waals surface area (Å²) in [7, 11) is -1.07. The minimum atomic E-state index is -3.79. The molecule has 1 heterocycles. The number of nitrogens with zero attached hydrogens (tertiary/aromatic N) is 1. The van der Waals surface area contributed by atoms with E-state index in [0.717, 1.165) is 10.4 Å². The van der Waals surface area contributed by atoms with Crippen LogP contribution in [0.2, 0.25) is 0 Å². The molecule has 0 aliphatic carbocycles. The van der Waals surface area contributed by atoms with E-state index in [4.69, 9.17) is 4.42 Å². The van der Waals surface area contributed by atoms with Crippen LogP contribution in [0.3, 0.4) is 0 Å². The highest BCUT2D eigenvalue weighted by Gasteiger charge is 2.35. The molecule has 0 aliphatic heterocycles. The molecule has 2 N–H and O–H groups in total. The predicted octanol–water partition coefficient (Wildman–Crippen LogP) is 1.46. The maximum Gasteiger partial charge on any atom is 0.311 e. The Morgan fingerprint density at radius 2 is 1.83 bits per heavy atom. The summed E-state index contributed by atoms with van der Waals surface area (Å²) in [6.45, 7) is 4.92. The first-order valence-corrected chi connectivity index (χ1v) is 9.00. The third kappa shape index (κ3) is 3.78. The Morgan fingerprint density at radius 1 is 1.29 bits per heavy atom. The van der Waals surface area contributed by atoms with Crippen molar-refractivity contribution in [2.45, 2.75) is 38.7 Å². The van der Waals surface area contributed by atoms with Crippen LogP contribution in [-0.2, 0) is 14.8 Å². The van der Waals surface area contributed by atoms with Gasteiger partial charge in [0, 0.05) is 26.7 Å². The first kappa shape index (κ1) is 20.2. The number of aryl methyl sites for hydroxylation is 1. The molecule has 0 saturated heterocycles. The Balaban J connectivity index is 3.02. The Morgan fingerprint density at radius 3 is 2.25 bits per heavy atom. The standard InChI is InChI=1S/C15H24N2O6S/c1-6-15(7-2,14(19)20)9-16-13(18)11-8-12(23-10(11)3)24(21,22)17(4)5/h8H,6-7,9H2,1-5H3,(H,16,18)(H,19,20). The predicted molar refractivity (Wildman–Crippen MR) is 87.3 cm³/mol. The van der Waals surface area contributed by atoms with Crippen LogP contribution in [0.4, 0.5) is 0 Å². The normalized spacial score (nSPS) is 12.4. The second-order valence-electron chi connectivity index (χ2n) is 5.80. The van der Waals surface area contributed by atoms with Gasteiger partial charge in [-0.1, -0.05) is 13.8 Å². The molecule has 1 rings (SSSR count). The third-order valence-corrected chi connectivity index (χ3v) is 5.94. The molecule has 0 aromatic carbocycles. The number of sulfonamides is 1. The second kappa shape index (κ2) is 7.35. The van der Waals surface area contributed by atoms with E-state index < -0.39 is 27.3 Å². The zero-order chi connectivity index (χ0) is 18.7. The topological polar surface area (TPSA) is 117 Å². The molecular formula is C15H24N2O6S. The van der Waals surface area contributed by atoms with Crippen molar-refractivity contribution in [1.29, 1.82) is 0 Å². The molecule has 0 bridgehead atoms. The van der Waals surface area contributed by atoms with E-state index in [-0.39, 0.29) is 23.0 Å². The number of hydrogen-bond acceptors (Lipinski definition) is 5. The lowest BCUT2D eigenvalue weighted by Crippen LogP contribution is -2.42. The number of furan rings is 1. The lowest BCUT2D eigenvalue weighted by Gasteiger charge is -2.26. The number of aliphatic carboxylic acids is 1. The van der Waals surface area contributed by atoms with Crippen molar-refractivity contribution < 1.29 is 27.5 Å². The SMILES string of the molecule is CCC(CC)(CNC(=O)c1cc(S(=O)(=O)N(C)C)oc1C)C(=O)O. The molecule has 9 heteroatoms. The van der Waals surface area contributed by atoms with Crippen LogP contribution in [0.1, 0.15) is 42.8 Å². The molecule has 136 valence electrons. The maximum atomic E-state index is 12.3. The first-order chi connectivity index (χ1) is 11.0. The molecule has 0 radical (unpaired) electrons. The van der Waals surface area contributed by atoms with E-state index in [2.05, 4.69) is 5.32 Å². The number of amides is 1. The Hall–Kier alpha value is -1.87. The largest absolute Gasteiger partial charge is 0.481 e. The Labute approximate surface area is 141 Å². The summed E-state index contributed by atoms with van der Waals surface area (Å²) in [5, 5.41) is 11.6. The number of carboxylic acids is 1. The van der Waals surface area contributed by atoms with Gasteiger partial charge in [-0.2, -0.15) is 0 Å². The van der Waals surface area contributed by atoms with Gasteiger partial charge < -0.3 is 14.8 Å². The average Bonchev–Trinajstić information content (AvgIpc) is 2.90. The molecule has 8 nitrogen and oxygen atoms in total. The van der Waals surface area contributed by atoms with E-state index in [0.29, 0.717) is 12.8 Å². The van der Waals surface area contributed by atoms with Crippen molar-refractivity contribution in [2.75, 3.05) is 20.6 Å². The summed E-state index contributed by atoms with van der Waals surface area (Å²) in [5.41, 5.74) is -0.979. The molecule has 0 spiro atoms. The molecule has 24 heavy (non-hydrogen) atoms. The van der Waals surface area contributed by atoms with Crippen LogP contribution >= 0.6 is 0 Å². The van der Waals surface area contributed by atoms with Gasteiger partial charge >= 0.3 is 5.97 Å². The van der Waals surface area contributed by atoms with Crippen LogP contribution in [0, 0.1) is 12.3 Å². The van der Waals surface area contributed by atoms with Crippen molar-refractivity contribution >= 4 is 21.9 Å². The molecule has 0 aliphatic rings. The quantitative estimate of drug-likeness (QED) is 0.725. The molecular weight excluding hydrogens is 336 g/mol. The van der Waals surface area contributed by atoms with E-state index in [1.54, 1.807) is 13.8 Å². The van der Waals surface area contributed by atoms with Gasteiger partial charge in [-0.15, -0.1) is 0 Å². The summed E-state index contributed by atoms with van der Waals surface area (Å²) < 4.78 is 30.3.